The first-order chi connectivity index (χ1) is 9.81. The summed E-state index contributed by atoms with van der Waals surface area (Å²) in [4.78, 5) is 0. The number of hydrogen-bond donors (Lipinski definition) is 2. The molecule has 0 aliphatic carbocycles. The normalized spacial score (nSPS) is 14.8. The summed E-state index contributed by atoms with van der Waals surface area (Å²) in [7, 11) is 0. The number of allylic oxidation sites excluding steroid dienone is 1. The van der Waals surface area contributed by atoms with E-state index in [2.05, 4.69) is 6.58 Å². The minimum atomic E-state index is -4.31. The van der Waals surface area contributed by atoms with E-state index in [1.165, 1.54) is 12.1 Å². The maximum atomic E-state index is 13.5. The quantitative estimate of drug-likeness (QED) is 0.435. The van der Waals surface area contributed by atoms with Crippen molar-refractivity contribution in [2.24, 2.45) is 5.92 Å². The first kappa shape index (κ1) is 17.7. The molecule has 1 rings (SSSR count). The molecule has 2 N–H and O–H groups in total. The number of rotatable bonds is 7. The van der Waals surface area contributed by atoms with Crippen LogP contribution in [0.25, 0.3) is 0 Å². The molecule has 118 valence electrons. The topological polar surface area (TPSA) is 32.3 Å². The van der Waals surface area contributed by atoms with Gasteiger partial charge in [-0.05, 0) is 37.0 Å². The van der Waals surface area contributed by atoms with Gasteiger partial charge in [-0.2, -0.15) is 18.7 Å². The van der Waals surface area contributed by atoms with E-state index in [0.29, 0.717) is 11.1 Å². The van der Waals surface area contributed by atoms with E-state index in [1.54, 1.807) is 13.0 Å². The van der Waals surface area contributed by atoms with Crippen molar-refractivity contribution in [3.63, 3.8) is 0 Å². The Morgan fingerprint density at radius 2 is 2.00 bits per heavy atom. The molecule has 6 heteroatoms. The van der Waals surface area contributed by atoms with Gasteiger partial charge in [0.2, 0.25) is 0 Å². The maximum absolute atomic E-state index is 13.5. The summed E-state index contributed by atoms with van der Waals surface area (Å²) in [6.45, 7) is 4.76. The Morgan fingerprint density at radius 3 is 2.52 bits per heavy atom. The summed E-state index contributed by atoms with van der Waals surface area (Å²) in [5.41, 5.74) is 2.96. The third-order valence-corrected chi connectivity index (χ3v) is 3.55. The molecule has 0 aliphatic rings. The summed E-state index contributed by atoms with van der Waals surface area (Å²) >= 11 is 0. The average Bonchev–Trinajstić information content (AvgIpc) is 2.41. The van der Waals surface area contributed by atoms with Crippen molar-refractivity contribution in [3.05, 3.63) is 47.8 Å². The Morgan fingerprint density at radius 1 is 1.33 bits per heavy atom. The summed E-state index contributed by atoms with van der Waals surface area (Å²) < 4.78 is 51.2. The molecule has 21 heavy (non-hydrogen) atoms. The van der Waals surface area contributed by atoms with Crippen LogP contribution in [-0.4, -0.2) is 11.4 Å². The molecule has 0 spiro atoms. The molecule has 0 amide bonds. The van der Waals surface area contributed by atoms with Crippen molar-refractivity contribution < 1.29 is 22.8 Å². The van der Waals surface area contributed by atoms with Crippen LogP contribution < -0.4 is 5.48 Å². The lowest BCUT2D eigenvalue weighted by Gasteiger charge is -2.20. The Labute approximate surface area is 121 Å². The van der Waals surface area contributed by atoms with E-state index in [1.807, 2.05) is 5.48 Å². The first-order valence-electron chi connectivity index (χ1n) is 6.65. The second-order valence-electron chi connectivity index (χ2n) is 4.95. The van der Waals surface area contributed by atoms with Crippen LogP contribution in [0.4, 0.5) is 17.6 Å². The third kappa shape index (κ3) is 4.82. The smallest absolute Gasteiger partial charge is 0.316 e. The van der Waals surface area contributed by atoms with E-state index < -0.39 is 24.0 Å². The molecule has 1 aromatic rings. The van der Waals surface area contributed by atoms with Crippen LogP contribution in [-0.2, 0) is 0 Å². The number of hydrogen-bond acceptors (Lipinski definition) is 2. The van der Waals surface area contributed by atoms with Crippen LogP contribution in [0.2, 0.25) is 0 Å². The standard InChI is InChI=1S/C15H19F4NO/c1-3-11(15(17,18)19)6-4-9-14(20-21)12-7-5-8-13(16)10(12)2/h3,5,7-8,11,14,20-21H,1,4,6,9H2,2H3/t11-,14?/m1/s1. The van der Waals surface area contributed by atoms with E-state index >= 15 is 0 Å². The van der Waals surface area contributed by atoms with Crippen molar-refractivity contribution in [1.82, 2.24) is 5.48 Å². The van der Waals surface area contributed by atoms with E-state index in [9.17, 15) is 17.6 Å². The Kier molecular flexibility index (Phi) is 6.36. The van der Waals surface area contributed by atoms with E-state index in [-0.39, 0.29) is 19.3 Å². The predicted molar refractivity (Wildman–Crippen MR) is 72.4 cm³/mol. The summed E-state index contributed by atoms with van der Waals surface area (Å²) in [5.74, 6) is -1.97. The second kappa shape index (κ2) is 7.56. The van der Waals surface area contributed by atoms with Gasteiger partial charge >= 0.3 is 6.18 Å². The monoisotopic (exact) mass is 305 g/mol. The van der Waals surface area contributed by atoms with E-state index in [0.717, 1.165) is 6.08 Å². The molecule has 2 atom stereocenters. The fourth-order valence-corrected chi connectivity index (χ4v) is 2.25. The van der Waals surface area contributed by atoms with Gasteiger partial charge in [0.25, 0.3) is 0 Å². The van der Waals surface area contributed by atoms with Gasteiger partial charge in [-0.3, -0.25) is 0 Å². The van der Waals surface area contributed by atoms with Crippen molar-refractivity contribution in [1.29, 1.82) is 0 Å². The lowest BCUT2D eigenvalue weighted by molar-refractivity contribution is -0.162. The minimum Gasteiger partial charge on any atom is -0.316 e. The number of benzene rings is 1. The van der Waals surface area contributed by atoms with Crippen LogP contribution in [0.1, 0.15) is 36.4 Å². The summed E-state index contributed by atoms with van der Waals surface area (Å²) in [5, 5.41) is 9.16. The maximum Gasteiger partial charge on any atom is 0.395 e. The fourth-order valence-electron chi connectivity index (χ4n) is 2.25. The second-order valence-corrected chi connectivity index (χ2v) is 4.95. The van der Waals surface area contributed by atoms with Crippen LogP contribution in [0.5, 0.6) is 0 Å². The van der Waals surface area contributed by atoms with Crippen molar-refractivity contribution in [3.8, 4) is 0 Å². The zero-order chi connectivity index (χ0) is 16.0. The fraction of sp³-hybridized carbons (Fsp3) is 0.467. The van der Waals surface area contributed by atoms with Crippen LogP contribution in [0.3, 0.4) is 0 Å². The highest BCUT2D eigenvalue weighted by atomic mass is 19.4. The van der Waals surface area contributed by atoms with Gasteiger partial charge in [0.1, 0.15) is 5.82 Å². The van der Waals surface area contributed by atoms with Crippen LogP contribution in [0, 0.1) is 18.7 Å². The van der Waals surface area contributed by atoms with Gasteiger partial charge in [-0.15, -0.1) is 6.58 Å². The molecular formula is C15H19F4NO. The molecule has 0 fully saturated rings. The van der Waals surface area contributed by atoms with Gasteiger partial charge in [-0.25, -0.2) is 4.39 Å². The highest BCUT2D eigenvalue weighted by molar-refractivity contribution is 5.29. The molecule has 0 saturated heterocycles. The lowest BCUT2D eigenvalue weighted by atomic mass is 9.94. The van der Waals surface area contributed by atoms with Gasteiger partial charge in [0.15, 0.2) is 0 Å². The molecule has 1 unspecified atom stereocenters. The first-order valence-corrected chi connectivity index (χ1v) is 6.65. The third-order valence-electron chi connectivity index (χ3n) is 3.55. The zero-order valence-corrected chi connectivity index (χ0v) is 11.8. The molecule has 1 aromatic carbocycles. The summed E-state index contributed by atoms with van der Waals surface area (Å²) in [6.07, 6.45) is -3.04. The van der Waals surface area contributed by atoms with E-state index in [4.69, 9.17) is 5.21 Å². The number of halogens is 4. The molecule has 0 aliphatic heterocycles. The number of alkyl halides is 3. The van der Waals surface area contributed by atoms with Crippen LogP contribution >= 0.6 is 0 Å². The molecule has 0 saturated carbocycles. The van der Waals surface area contributed by atoms with Gasteiger partial charge < -0.3 is 5.21 Å². The average molecular weight is 305 g/mol. The van der Waals surface area contributed by atoms with Gasteiger partial charge in [0, 0.05) is 0 Å². The Bertz CT molecular complexity index is 473. The highest BCUT2D eigenvalue weighted by Crippen LogP contribution is 2.32. The van der Waals surface area contributed by atoms with Gasteiger partial charge in [0.05, 0.1) is 12.0 Å². The number of nitrogens with one attached hydrogen (secondary N) is 1. The number of hydroxylamine groups is 1. The lowest BCUT2D eigenvalue weighted by Crippen LogP contribution is -2.22. The predicted octanol–water partition coefficient (Wildman–Crippen LogP) is 4.69. The zero-order valence-electron chi connectivity index (χ0n) is 11.8. The minimum absolute atomic E-state index is 0.112. The van der Waals surface area contributed by atoms with Crippen molar-refractivity contribution >= 4 is 0 Å². The molecule has 0 heterocycles. The van der Waals surface area contributed by atoms with Crippen molar-refractivity contribution in [2.45, 2.75) is 38.4 Å². The molecule has 0 radical (unpaired) electrons. The Balaban J connectivity index is 2.67. The highest BCUT2D eigenvalue weighted by Gasteiger charge is 2.36. The molecule has 0 bridgehead atoms. The Hall–Kier alpha value is -1.40. The molecule has 0 aromatic heterocycles. The molecule has 2 nitrogen and oxygen atoms in total. The largest absolute Gasteiger partial charge is 0.395 e. The molecular weight excluding hydrogens is 286 g/mol. The van der Waals surface area contributed by atoms with Crippen LogP contribution in [0.15, 0.2) is 30.9 Å². The van der Waals surface area contributed by atoms with Gasteiger partial charge in [-0.1, -0.05) is 24.6 Å². The van der Waals surface area contributed by atoms with Crippen molar-refractivity contribution in [2.75, 3.05) is 0 Å². The SMILES string of the molecule is C=C[C@H](CCCC(NO)c1cccc(F)c1C)C(F)(F)F. The summed E-state index contributed by atoms with van der Waals surface area (Å²) in [6, 6.07) is 3.84.